The van der Waals surface area contributed by atoms with E-state index in [1.54, 1.807) is 4.90 Å². The summed E-state index contributed by atoms with van der Waals surface area (Å²) in [6.07, 6.45) is -2.42. The molecule has 0 unspecified atom stereocenters. The van der Waals surface area contributed by atoms with E-state index in [9.17, 15) is 22.8 Å². The summed E-state index contributed by atoms with van der Waals surface area (Å²) in [4.78, 5) is 30.8. The lowest BCUT2D eigenvalue weighted by Crippen LogP contribution is -2.35. The number of carbonyl (C=O) groups excluding carboxylic acids is 1. The molecule has 1 aromatic heterocycles. The fourth-order valence-corrected chi connectivity index (χ4v) is 3.36. The maximum Gasteiger partial charge on any atom is 0.416 e. The monoisotopic (exact) mass is 399 g/mol. The molecular formula is C21H16F3N3O2. The van der Waals surface area contributed by atoms with Gasteiger partial charge in [0.05, 0.1) is 17.6 Å². The highest BCUT2D eigenvalue weighted by Crippen LogP contribution is 2.30. The summed E-state index contributed by atoms with van der Waals surface area (Å²) in [5.74, 6) is -0.221. The number of nitrogens with zero attached hydrogens (tertiary/aromatic N) is 3. The molecule has 0 bridgehead atoms. The number of halogens is 3. The van der Waals surface area contributed by atoms with Crippen LogP contribution in [0.15, 0.2) is 65.7 Å². The molecule has 2 aromatic carbocycles. The molecule has 0 fully saturated rings. The minimum Gasteiger partial charge on any atom is -0.310 e. The summed E-state index contributed by atoms with van der Waals surface area (Å²) in [6, 6.07) is 13.2. The first-order valence-electron chi connectivity index (χ1n) is 8.95. The highest BCUT2D eigenvalue weighted by atomic mass is 19.4. The van der Waals surface area contributed by atoms with Gasteiger partial charge in [0.25, 0.3) is 5.56 Å². The SMILES string of the molecule is O=C(Cn1cnc(-c2ccc(C(F)(F)F)cc2)cc1=O)N1CCc2ccccc21. The van der Waals surface area contributed by atoms with E-state index in [2.05, 4.69) is 4.98 Å². The zero-order valence-corrected chi connectivity index (χ0v) is 15.2. The van der Waals surface area contributed by atoms with Crippen molar-refractivity contribution in [3.63, 3.8) is 0 Å². The predicted octanol–water partition coefficient (Wildman–Crippen LogP) is 3.52. The number of alkyl halides is 3. The Morgan fingerprint density at radius 3 is 2.48 bits per heavy atom. The number of hydrogen-bond acceptors (Lipinski definition) is 3. The van der Waals surface area contributed by atoms with Crippen LogP contribution in [0.3, 0.4) is 0 Å². The molecule has 0 atom stereocenters. The Balaban J connectivity index is 1.52. The predicted molar refractivity (Wildman–Crippen MR) is 101 cm³/mol. The zero-order valence-electron chi connectivity index (χ0n) is 15.2. The fourth-order valence-electron chi connectivity index (χ4n) is 3.36. The number of para-hydroxylation sites is 1. The zero-order chi connectivity index (χ0) is 20.6. The Morgan fingerprint density at radius 1 is 1.07 bits per heavy atom. The van der Waals surface area contributed by atoms with Crippen molar-refractivity contribution in [1.29, 1.82) is 0 Å². The molecule has 3 aromatic rings. The second-order valence-corrected chi connectivity index (χ2v) is 6.74. The van der Waals surface area contributed by atoms with Crippen molar-refractivity contribution < 1.29 is 18.0 Å². The summed E-state index contributed by atoms with van der Waals surface area (Å²) < 4.78 is 39.2. The molecule has 148 valence electrons. The van der Waals surface area contributed by atoms with Gasteiger partial charge in [-0.25, -0.2) is 4.98 Å². The number of anilines is 1. The quantitative estimate of drug-likeness (QED) is 0.677. The Labute approximate surface area is 164 Å². The molecule has 29 heavy (non-hydrogen) atoms. The number of carbonyl (C=O) groups is 1. The summed E-state index contributed by atoms with van der Waals surface area (Å²) in [5.41, 5.74) is 1.35. The number of aromatic nitrogens is 2. The van der Waals surface area contributed by atoms with Crippen molar-refractivity contribution in [2.24, 2.45) is 0 Å². The van der Waals surface area contributed by atoms with Crippen LogP contribution in [0, 0.1) is 0 Å². The maximum absolute atomic E-state index is 12.7. The smallest absolute Gasteiger partial charge is 0.310 e. The van der Waals surface area contributed by atoms with E-state index in [4.69, 9.17) is 0 Å². The van der Waals surface area contributed by atoms with Crippen LogP contribution in [0.4, 0.5) is 18.9 Å². The summed E-state index contributed by atoms with van der Waals surface area (Å²) in [7, 11) is 0. The molecule has 1 amide bonds. The van der Waals surface area contributed by atoms with Crippen molar-refractivity contribution in [1.82, 2.24) is 9.55 Å². The van der Waals surface area contributed by atoms with Crippen LogP contribution >= 0.6 is 0 Å². The first-order chi connectivity index (χ1) is 13.8. The van der Waals surface area contributed by atoms with Crippen LogP contribution in [0.1, 0.15) is 11.1 Å². The van der Waals surface area contributed by atoms with Crippen molar-refractivity contribution >= 4 is 11.6 Å². The Morgan fingerprint density at radius 2 is 1.79 bits per heavy atom. The highest BCUT2D eigenvalue weighted by molar-refractivity contribution is 5.95. The molecule has 0 spiro atoms. The maximum atomic E-state index is 12.7. The van der Waals surface area contributed by atoms with E-state index in [0.29, 0.717) is 12.1 Å². The van der Waals surface area contributed by atoms with Crippen molar-refractivity contribution in [3.8, 4) is 11.3 Å². The number of amides is 1. The van der Waals surface area contributed by atoms with Gasteiger partial charge in [0.1, 0.15) is 6.54 Å². The fraction of sp³-hybridized carbons (Fsp3) is 0.190. The van der Waals surface area contributed by atoms with Crippen LogP contribution in [-0.2, 0) is 23.9 Å². The lowest BCUT2D eigenvalue weighted by molar-refractivity contribution is -0.137. The average Bonchev–Trinajstić information content (AvgIpc) is 3.13. The minimum atomic E-state index is -4.43. The van der Waals surface area contributed by atoms with Crippen LogP contribution in [0.25, 0.3) is 11.3 Å². The molecule has 4 rings (SSSR count). The molecule has 0 aliphatic carbocycles. The molecule has 8 heteroatoms. The Kier molecular flexibility index (Phi) is 4.70. The average molecular weight is 399 g/mol. The third-order valence-electron chi connectivity index (χ3n) is 4.88. The van der Waals surface area contributed by atoms with Gasteiger partial charge in [-0.05, 0) is 30.2 Å². The van der Waals surface area contributed by atoms with E-state index >= 15 is 0 Å². The van der Waals surface area contributed by atoms with Crippen molar-refractivity contribution in [2.45, 2.75) is 19.1 Å². The lowest BCUT2D eigenvalue weighted by Gasteiger charge is -2.18. The molecule has 1 aliphatic rings. The summed E-state index contributed by atoms with van der Waals surface area (Å²) >= 11 is 0. The van der Waals surface area contributed by atoms with Gasteiger partial charge < -0.3 is 4.90 Å². The van der Waals surface area contributed by atoms with E-state index in [-0.39, 0.29) is 18.1 Å². The molecule has 0 N–H and O–H groups in total. The molecule has 2 heterocycles. The first-order valence-corrected chi connectivity index (χ1v) is 8.95. The highest BCUT2D eigenvalue weighted by Gasteiger charge is 2.30. The third kappa shape index (κ3) is 3.78. The lowest BCUT2D eigenvalue weighted by atomic mass is 10.1. The van der Waals surface area contributed by atoms with E-state index in [0.717, 1.165) is 29.8 Å². The topological polar surface area (TPSA) is 55.2 Å². The van der Waals surface area contributed by atoms with Gasteiger partial charge in [0.2, 0.25) is 5.91 Å². The molecule has 0 saturated heterocycles. The van der Waals surface area contributed by atoms with Crippen LogP contribution in [-0.4, -0.2) is 22.0 Å². The minimum absolute atomic E-state index is 0.159. The van der Waals surface area contributed by atoms with Crippen LogP contribution in [0.5, 0.6) is 0 Å². The Bertz CT molecular complexity index is 1120. The Hall–Kier alpha value is -3.42. The molecule has 0 radical (unpaired) electrons. The first kappa shape index (κ1) is 18.9. The number of benzene rings is 2. The van der Waals surface area contributed by atoms with Gasteiger partial charge >= 0.3 is 6.18 Å². The summed E-state index contributed by atoms with van der Waals surface area (Å²) in [5, 5.41) is 0. The van der Waals surface area contributed by atoms with Crippen molar-refractivity contribution in [2.75, 3.05) is 11.4 Å². The second-order valence-electron chi connectivity index (χ2n) is 6.74. The van der Waals surface area contributed by atoms with Gasteiger partial charge in [-0.2, -0.15) is 13.2 Å². The number of rotatable bonds is 3. The third-order valence-corrected chi connectivity index (χ3v) is 4.88. The van der Waals surface area contributed by atoms with Gasteiger partial charge in [-0.3, -0.25) is 14.2 Å². The molecule has 0 saturated carbocycles. The van der Waals surface area contributed by atoms with Gasteiger partial charge in [-0.15, -0.1) is 0 Å². The molecular weight excluding hydrogens is 383 g/mol. The van der Waals surface area contributed by atoms with E-state index in [1.165, 1.54) is 29.1 Å². The van der Waals surface area contributed by atoms with Crippen LogP contribution in [0.2, 0.25) is 0 Å². The number of hydrogen-bond donors (Lipinski definition) is 0. The standard InChI is InChI=1S/C21H16F3N3O2/c22-21(23,24)16-7-5-14(6-8-16)17-11-19(28)26(13-25-17)12-20(29)27-10-9-15-3-1-2-4-18(15)27/h1-8,11,13H,9-10,12H2. The van der Waals surface area contributed by atoms with Gasteiger partial charge in [-0.1, -0.05) is 30.3 Å². The molecule has 5 nitrogen and oxygen atoms in total. The molecule has 1 aliphatic heterocycles. The largest absolute Gasteiger partial charge is 0.416 e. The second kappa shape index (κ2) is 7.20. The van der Waals surface area contributed by atoms with Gasteiger partial charge in [0.15, 0.2) is 0 Å². The summed E-state index contributed by atoms with van der Waals surface area (Å²) in [6.45, 7) is 0.400. The van der Waals surface area contributed by atoms with E-state index < -0.39 is 17.3 Å². The van der Waals surface area contributed by atoms with E-state index in [1.807, 2.05) is 24.3 Å². The number of fused-ring (bicyclic) bond motifs is 1. The normalized spacial score (nSPS) is 13.4. The van der Waals surface area contributed by atoms with Crippen LogP contribution < -0.4 is 10.5 Å². The van der Waals surface area contributed by atoms with Crippen molar-refractivity contribution in [3.05, 3.63) is 82.4 Å². The van der Waals surface area contributed by atoms with Gasteiger partial charge in [0, 0.05) is 23.9 Å².